The molecule has 0 bridgehead atoms. The van der Waals surface area contributed by atoms with Gasteiger partial charge < -0.3 is 30.6 Å². The van der Waals surface area contributed by atoms with Crippen LogP contribution in [0.15, 0.2) is 0 Å². The number of rotatable bonds is 0. The van der Waals surface area contributed by atoms with Gasteiger partial charge in [0.25, 0.3) is 0 Å². The quantitative estimate of drug-likeness (QED) is 0.336. The summed E-state index contributed by atoms with van der Waals surface area (Å²) in [4.78, 5) is 16.5. The largest absolute Gasteiger partial charge is 3.00 e. The van der Waals surface area contributed by atoms with Crippen molar-refractivity contribution in [2.75, 3.05) is 0 Å². The number of hydrogen-bond donors (Lipinski definition) is 0. The van der Waals surface area contributed by atoms with Crippen molar-refractivity contribution in [3.63, 3.8) is 0 Å². The molecule has 0 aliphatic heterocycles. The summed E-state index contributed by atoms with van der Waals surface area (Å²) in [5.74, 6) is 0. The summed E-state index contributed by atoms with van der Waals surface area (Å²) in [6.45, 7) is 0. The van der Waals surface area contributed by atoms with Gasteiger partial charge in [-0.2, -0.15) is 0 Å². The summed E-state index contributed by atoms with van der Waals surface area (Å²) < 4.78 is 0. The Bertz CT molecular complexity index is 73.7. The van der Waals surface area contributed by atoms with Crippen LogP contribution in [-0.4, -0.2) is 10.2 Å². The topological polar surface area (TPSA) is 132 Å². The first-order valence-corrected chi connectivity index (χ1v) is 1.10. The Balaban J connectivity index is -0.0000000300. The molecule has 8 nitrogen and oxygen atoms in total. The van der Waals surface area contributed by atoms with E-state index in [0.29, 0.717) is 0 Å². The van der Waals surface area contributed by atoms with E-state index in [1.165, 1.54) is 0 Å². The van der Waals surface area contributed by atoms with Gasteiger partial charge in [-0.25, -0.2) is 0 Å². The Hall–Kier alpha value is 0.0883. The van der Waals surface area contributed by atoms with Crippen molar-refractivity contribution in [2.45, 2.75) is 0 Å². The van der Waals surface area contributed by atoms with E-state index in [0.717, 1.165) is 0 Å². The molecule has 0 fully saturated rings. The van der Waals surface area contributed by atoms with E-state index in [2.05, 4.69) is 0 Å². The Morgan fingerprint density at radius 1 is 0.800 bits per heavy atom. The van der Waals surface area contributed by atoms with Gasteiger partial charge in [0.15, 0.2) is 0 Å². The van der Waals surface area contributed by atoms with Crippen LogP contribution in [0.25, 0.3) is 0 Å². The first-order chi connectivity index (χ1) is 3.46. The molecule has 0 rings (SSSR count). The van der Waals surface area contributed by atoms with Crippen LogP contribution in [0.5, 0.6) is 0 Å². The van der Waals surface area contributed by atoms with E-state index in [1.54, 1.807) is 0 Å². The minimum atomic E-state index is -1.75. The smallest absolute Gasteiger partial charge is 0.356 e. The SMILES string of the molecule is O=[N+]([O-])[O-].O=[N+]([O-])[O-].[La+3].[Ni+2]. The van der Waals surface area contributed by atoms with Crippen LogP contribution >= 0.6 is 0 Å². The second-order valence-electron chi connectivity index (χ2n) is 0.447. The molecule has 0 saturated carbocycles. The molecule has 0 aromatic carbocycles. The van der Waals surface area contributed by atoms with Crippen LogP contribution < -0.4 is 0 Å². The molecule has 0 aliphatic rings. The summed E-state index contributed by atoms with van der Waals surface area (Å²) in [7, 11) is 0. The third-order valence-corrected chi connectivity index (χ3v) is 0. The molecule has 0 aliphatic carbocycles. The Labute approximate surface area is 92.3 Å². The molecule has 0 atom stereocenters. The molecule has 10 heteroatoms. The summed E-state index contributed by atoms with van der Waals surface area (Å²) >= 11 is 0. The van der Waals surface area contributed by atoms with Crippen LogP contribution in [0.2, 0.25) is 0 Å². The standard InChI is InChI=1S/La.2NO3.Ni/c;2*2-1(3)4;/q+3;2*-1;+2. The average Bonchev–Trinajstić information content (AvgIpc) is 1.25. The van der Waals surface area contributed by atoms with E-state index < -0.39 is 10.2 Å². The minimum absolute atomic E-state index is 0. The van der Waals surface area contributed by atoms with Crippen LogP contribution in [-0.2, 0) is 16.5 Å². The van der Waals surface area contributed by atoms with Gasteiger partial charge in [-0.3, -0.25) is 0 Å². The number of nitrogens with zero attached hydrogens (tertiary/aromatic N) is 2. The molecule has 0 spiro atoms. The van der Waals surface area contributed by atoms with E-state index in [4.69, 9.17) is 30.6 Å². The Kier molecular flexibility index (Phi) is 36.1. The first-order valence-electron chi connectivity index (χ1n) is 1.10. The maximum atomic E-state index is 8.25. The maximum absolute atomic E-state index is 8.25. The second-order valence-corrected chi connectivity index (χ2v) is 0.447. The minimum Gasteiger partial charge on any atom is -0.356 e. The predicted molar refractivity (Wildman–Crippen MR) is 20.7 cm³/mol. The van der Waals surface area contributed by atoms with Crippen LogP contribution in [0.1, 0.15) is 0 Å². The zero-order valence-corrected chi connectivity index (χ0v) is 8.85. The molecule has 0 amide bonds. The van der Waals surface area contributed by atoms with E-state index >= 15 is 0 Å². The molecular formula is LaN2NiO6+3. The van der Waals surface area contributed by atoms with Crippen molar-refractivity contribution in [2.24, 2.45) is 0 Å². The zero-order valence-electron chi connectivity index (χ0n) is 4.24. The van der Waals surface area contributed by atoms with E-state index in [1.807, 2.05) is 0 Å². The third-order valence-electron chi connectivity index (χ3n) is 0. The Morgan fingerprint density at radius 2 is 0.800 bits per heavy atom. The van der Waals surface area contributed by atoms with Gasteiger partial charge in [0, 0.05) is 0 Å². The van der Waals surface area contributed by atoms with Crippen molar-refractivity contribution in [3.05, 3.63) is 30.6 Å². The van der Waals surface area contributed by atoms with E-state index in [9.17, 15) is 0 Å². The molecule has 56 valence electrons. The fourth-order valence-electron chi connectivity index (χ4n) is 0. The average molecular weight is 322 g/mol. The van der Waals surface area contributed by atoms with Crippen molar-refractivity contribution >= 4 is 0 Å². The molecule has 0 unspecified atom stereocenters. The van der Waals surface area contributed by atoms with Crippen molar-refractivity contribution in [3.8, 4) is 0 Å². The molecular weight excluding hydrogens is 322 g/mol. The fourth-order valence-corrected chi connectivity index (χ4v) is 0. The second kappa shape index (κ2) is 16.0. The van der Waals surface area contributed by atoms with Crippen molar-refractivity contribution < 1.29 is 62.3 Å². The fraction of sp³-hybridized carbons (Fsp3) is 0. The molecule has 0 aromatic heterocycles. The van der Waals surface area contributed by atoms with Gasteiger partial charge in [0.05, 0.1) is 10.2 Å². The van der Waals surface area contributed by atoms with Crippen molar-refractivity contribution in [1.29, 1.82) is 0 Å². The van der Waals surface area contributed by atoms with Gasteiger partial charge in [-0.15, -0.1) is 0 Å². The zero-order chi connectivity index (χ0) is 7.15. The molecule has 0 aromatic rings. The summed E-state index contributed by atoms with van der Waals surface area (Å²) in [6.07, 6.45) is 0. The molecule has 0 radical (unpaired) electrons. The van der Waals surface area contributed by atoms with Crippen molar-refractivity contribution in [1.82, 2.24) is 0 Å². The molecule has 0 N–H and O–H groups in total. The normalized spacial score (nSPS) is 4.80. The summed E-state index contributed by atoms with van der Waals surface area (Å²) in [5, 5.41) is 29.5. The predicted octanol–water partition coefficient (Wildman–Crippen LogP) is -0.481. The number of hydrogen-bond acceptors (Lipinski definition) is 6. The van der Waals surface area contributed by atoms with Crippen LogP contribution in [0.4, 0.5) is 0 Å². The maximum Gasteiger partial charge on any atom is 3.00 e. The Morgan fingerprint density at radius 3 is 0.800 bits per heavy atom. The van der Waals surface area contributed by atoms with Gasteiger partial charge in [0.2, 0.25) is 0 Å². The first kappa shape index (κ1) is 22.5. The molecule has 0 heterocycles. The molecule has 0 saturated heterocycles. The van der Waals surface area contributed by atoms with Crippen LogP contribution in [0.3, 0.4) is 0 Å². The summed E-state index contributed by atoms with van der Waals surface area (Å²) in [6, 6.07) is 0. The monoisotopic (exact) mass is 321 g/mol. The third kappa shape index (κ3) is 52100. The van der Waals surface area contributed by atoms with Gasteiger partial charge in [0.1, 0.15) is 0 Å². The van der Waals surface area contributed by atoms with Gasteiger partial charge >= 0.3 is 52.1 Å². The van der Waals surface area contributed by atoms with Gasteiger partial charge in [-0.1, -0.05) is 0 Å². The van der Waals surface area contributed by atoms with Gasteiger partial charge in [-0.05, 0) is 0 Å². The van der Waals surface area contributed by atoms with E-state index in [-0.39, 0.29) is 52.1 Å². The van der Waals surface area contributed by atoms with Crippen LogP contribution in [0, 0.1) is 66.2 Å². The molecule has 10 heavy (non-hydrogen) atoms. The summed E-state index contributed by atoms with van der Waals surface area (Å²) in [5.41, 5.74) is 0.